The van der Waals surface area contributed by atoms with Crippen LogP contribution in [0.4, 0.5) is 5.82 Å². The van der Waals surface area contributed by atoms with E-state index in [2.05, 4.69) is 51.8 Å². The fraction of sp³-hybridized carbons (Fsp3) is 0.300. The summed E-state index contributed by atoms with van der Waals surface area (Å²) >= 11 is 0. The van der Waals surface area contributed by atoms with E-state index in [1.165, 1.54) is 5.56 Å². The molecule has 0 spiro atoms. The van der Waals surface area contributed by atoms with Gasteiger partial charge in [0.15, 0.2) is 5.82 Å². The third-order valence-corrected chi connectivity index (χ3v) is 4.72. The van der Waals surface area contributed by atoms with Crippen LogP contribution in [0, 0.1) is 13.8 Å². The lowest BCUT2D eigenvalue weighted by Crippen LogP contribution is -2.33. The van der Waals surface area contributed by atoms with E-state index < -0.39 is 0 Å². The minimum atomic E-state index is -0.262. The zero-order chi connectivity index (χ0) is 18.8. The van der Waals surface area contributed by atoms with Crippen LogP contribution in [0.5, 0.6) is 0 Å². The summed E-state index contributed by atoms with van der Waals surface area (Å²) in [4.78, 5) is 14.6. The van der Waals surface area contributed by atoms with E-state index in [1.54, 1.807) is 4.68 Å². The van der Waals surface area contributed by atoms with Gasteiger partial charge in [-0.3, -0.25) is 4.79 Å². The molecule has 2 aromatic heterocycles. The highest BCUT2D eigenvalue weighted by Gasteiger charge is 2.31. The van der Waals surface area contributed by atoms with Crippen molar-refractivity contribution in [2.24, 2.45) is 0 Å². The van der Waals surface area contributed by atoms with Gasteiger partial charge in [-0.25, -0.2) is 4.68 Å². The lowest BCUT2D eigenvalue weighted by atomic mass is 10.1. The molecule has 1 aliphatic rings. The number of hydrogen-bond donors (Lipinski definition) is 1. The van der Waals surface area contributed by atoms with Crippen LogP contribution in [-0.4, -0.2) is 43.4 Å². The summed E-state index contributed by atoms with van der Waals surface area (Å²) in [6, 6.07) is 13.6. The molecular weight excluding hydrogens is 340 g/mol. The second kappa shape index (κ2) is 7.19. The van der Waals surface area contributed by atoms with E-state index in [0.29, 0.717) is 18.2 Å². The van der Waals surface area contributed by atoms with Crippen molar-refractivity contribution in [3.63, 3.8) is 0 Å². The van der Waals surface area contributed by atoms with Gasteiger partial charge >= 0.3 is 0 Å². The summed E-state index contributed by atoms with van der Waals surface area (Å²) in [5.41, 5.74) is 3.29. The van der Waals surface area contributed by atoms with Crippen molar-refractivity contribution in [2.45, 2.75) is 32.9 Å². The molecular formula is C20H22N6O. The number of benzene rings is 1. The quantitative estimate of drug-likeness (QED) is 0.755. The number of anilines is 1. The maximum absolute atomic E-state index is 12.7. The molecule has 1 fully saturated rings. The summed E-state index contributed by atoms with van der Waals surface area (Å²) in [7, 11) is 0. The number of nitrogens with zero attached hydrogens (tertiary/aromatic N) is 5. The predicted octanol–water partition coefficient (Wildman–Crippen LogP) is 2.49. The van der Waals surface area contributed by atoms with E-state index in [-0.39, 0.29) is 11.9 Å². The van der Waals surface area contributed by atoms with Gasteiger partial charge in [-0.2, -0.15) is 5.10 Å². The van der Waals surface area contributed by atoms with Gasteiger partial charge in [0.2, 0.25) is 5.91 Å². The zero-order valence-corrected chi connectivity index (χ0v) is 15.5. The van der Waals surface area contributed by atoms with Gasteiger partial charge in [0, 0.05) is 19.3 Å². The average Bonchev–Trinajstić information content (AvgIpc) is 3.25. The van der Waals surface area contributed by atoms with Gasteiger partial charge in [-0.05, 0) is 44.0 Å². The van der Waals surface area contributed by atoms with Crippen LogP contribution in [0.2, 0.25) is 0 Å². The Morgan fingerprint density at radius 3 is 2.56 bits per heavy atom. The van der Waals surface area contributed by atoms with Crippen molar-refractivity contribution < 1.29 is 4.79 Å². The number of amides is 1. The molecule has 1 N–H and O–H groups in total. The first-order valence-electron chi connectivity index (χ1n) is 9.06. The average molecular weight is 362 g/mol. The van der Waals surface area contributed by atoms with Crippen LogP contribution >= 0.6 is 0 Å². The Balaban J connectivity index is 1.38. The number of nitrogens with one attached hydrogen (secondary N) is 1. The normalized spacial score (nSPS) is 16.7. The third kappa shape index (κ3) is 3.81. The molecule has 0 aliphatic carbocycles. The SMILES string of the molecule is Cc1ccc(CN2CCC(Nc3ccc(-n4ccc(C)n4)nn3)C2=O)cc1. The van der Waals surface area contributed by atoms with Crippen molar-refractivity contribution in [1.82, 2.24) is 24.9 Å². The fourth-order valence-electron chi connectivity index (χ4n) is 3.19. The molecule has 4 rings (SSSR count). The van der Waals surface area contributed by atoms with E-state index in [0.717, 1.165) is 24.2 Å². The molecule has 3 aromatic rings. The second-order valence-electron chi connectivity index (χ2n) is 6.91. The van der Waals surface area contributed by atoms with Crippen LogP contribution in [-0.2, 0) is 11.3 Å². The molecule has 1 amide bonds. The molecule has 3 heterocycles. The summed E-state index contributed by atoms with van der Waals surface area (Å²) in [6.07, 6.45) is 2.60. The van der Waals surface area contributed by atoms with Crippen LogP contribution in [0.1, 0.15) is 23.2 Å². The number of carbonyl (C=O) groups excluding carboxylic acids is 1. The minimum absolute atomic E-state index is 0.101. The predicted molar refractivity (Wildman–Crippen MR) is 103 cm³/mol. The number of aryl methyl sites for hydroxylation is 2. The molecule has 1 saturated heterocycles. The van der Waals surface area contributed by atoms with Crippen molar-refractivity contribution in [3.05, 3.63) is 65.5 Å². The zero-order valence-electron chi connectivity index (χ0n) is 15.5. The molecule has 1 aromatic carbocycles. The molecule has 0 saturated carbocycles. The fourth-order valence-corrected chi connectivity index (χ4v) is 3.19. The lowest BCUT2D eigenvalue weighted by molar-refractivity contribution is -0.128. The van der Waals surface area contributed by atoms with E-state index in [9.17, 15) is 4.79 Å². The Morgan fingerprint density at radius 1 is 1.07 bits per heavy atom. The molecule has 0 bridgehead atoms. The van der Waals surface area contributed by atoms with Crippen molar-refractivity contribution >= 4 is 11.7 Å². The molecule has 7 heteroatoms. The van der Waals surface area contributed by atoms with Crippen molar-refractivity contribution in [3.8, 4) is 5.82 Å². The van der Waals surface area contributed by atoms with E-state index in [4.69, 9.17) is 0 Å². The van der Waals surface area contributed by atoms with Gasteiger partial charge in [0.1, 0.15) is 11.9 Å². The minimum Gasteiger partial charge on any atom is -0.357 e. The van der Waals surface area contributed by atoms with Crippen LogP contribution < -0.4 is 5.32 Å². The first-order chi connectivity index (χ1) is 13.1. The number of hydrogen-bond acceptors (Lipinski definition) is 5. The van der Waals surface area contributed by atoms with Gasteiger partial charge in [-0.15, -0.1) is 10.2 Å². The molecule has 7 nitrogen and oxygen atoms in total. The summed E-state index contributed by atoms with van der Waals surface area (Å²) in [6.45, 7) is 5.36. The van der Waals surface area contributed by atoms with E-state index in [1.807, 2.05) is 36.2 Å². The largest absolute Gasteiger partial charge is 0.357 e. The lowest BCUT2D eigenvalue weighted by Gasteiger charge is -2.17. The molecule has 0 radical (unpaired) electrons. The highest BCUT2D eigenvalue weighted by molar-refractivity contribution is 5.86. The summed E-state index contributed by atoms with van der Waals surface area (Å²) in [5.74, 6) is 1.34. The van der Waals surface area contributed by atoms with Crippen LogP contribution in [0.3, 0.4) is 0 Å². The first-order valence-corrected chi connectivity index (χ1v) is 9.06. The Labute approximate surface area is 158 Å². The maximum Gasteiger partial charge on any atom is 0.245 e. The third-order valence-electron chi connectivity index (χ3n) is 4.72. The maximum atomic E-state index is 12.7. The second-order valence-corrected chi connectivity index (χ2v) is 6.91. The number of rotatable bonds is 5. The monoisotopic (exact) mass is 362 g/mol. The van der Waals surface area contributed by atoms with E-state index >= 15 is 0 Å². The highest BCUT2D eigenvalue weighted by Crippen LogP contribution is 2.19. The molecule has 1 unspecified atom stereocenters. The number of carbonyl (C=O) groups is 1. The van der Waals surface area contributed by atoms with Crippen molar-refractivity contribution in [1.29, 1.82) is 0 Å². The molecule has 27 heavy (non-hydrogen) atoms. The standard InChI is InChI=1S/C20H22N6O/c1-14-3-5-16(6-4-14)13-25-11-10-17(20(25)27)21-18-7-8-19(23-22-18)26-12-9-15(2)24-26/h3-9,12,17H,10-11,13H2,1-2H3,(H,21,22). The van der Waals surface area contributed by atoms with Gasteiger partial charge < -0.3 is 10.2 Å². The molecule has 1 aliphatic heterocycles. The summed E-state index contributed by atoms with van der Waals surface area (Å²) in [5, 5.41) is 15.9. The number of likely N-dealkylation sites (tertiary alicyclic amines) is 1. The van der Waals surface area contributed by atoms with Gasteiger partial charge in [0.25, 0.3) is 0 Å². The Bertz CT molecular complexity index is 932. The van der Waals surface area contributed by atoms with Gasteiger partial charge in [0.05, 0.1) is 5.69 Å². The number of aromatic nitrogens is 4. The Morgan fingerprint density at radius 2 is 1.89 bits per heavy atom. The molecule has 1 atom stereocenters. The highest BCUT2D eigenvalue weighted by atomic mass is 16.2. The summed E-state index contributed by atoms with van der Waals surface area (Å²) < 4.78 is 1.68. The van der Waals surface area contributed by atoms with Crippen molar-refractivity contribution in [2.75, 3.05) is 11.9 Å². The van der Waals surface area contributed by atoms with Crippen LogP contribution in [0.25, 0.3) is 5.82 Å². The smallest absolute Gasteiger partial charge is 0.245 e. The first kappa shape index (κ1) is 17.2. The Kier molecular flexibility index (Phi) is 4.58. The van der Waals surface area contributed by atoms with Gasteiger partial charge in [-0.1, -0.05) is 29.8 Å². The topological polar surface area (TPSA) is 75.9 Å². The Hall–Kier alpha value is -3.22. The molecule has 138 valence electrons. The van der Waals surface area contributed by atoms with Crippen LogP contribution in [0.15, 0.2) is 48.7 Å².